The van der Waals surface area contributed by atoms with Gasteiger partial charge < -0.3 is 10.6 Å². The van der Waals surface area contributed by atoms with Gasteiger partial charge in [-0.25, -0.2) is 0 Å². The molecule has 2 nitrogen and oxygen atoms in total. The summed E-state index contributed by atoms with van der Waals surface area (Å²) >= 11 is 11.9. The molecule has 0 saturated carbocycles. The van der Waals surface area contributed by atoms with Crippen molar-refractivity contribution in [2.45, 2.75) is 6.04 Å². The number of benzene rings is 1. The van der Waals surface area contributed by atoms with E-state index in [-0.39, 0.29) is 0 Å². The van der Waals surface area contributed by atoms with E-state index in [2.05, 4.69) is 4.90 Å². The van der Waals surface area contributed by atoms with Gasteiger partial charge >= 0.3 is 0 Å². The Balaban J connectivity index is 2.27. The lowest BCUT2D eigenvalue weighted by Crippen LogP contribution is -2.11. The molecular formula is C9H10Cl2N2. The average Bonchev–Trinajstić information content (AvgIpc) is 2.89. The third kappa shape index (κ3) is 1.62. The molecule has 13 heavy (non-hydrogen) atoms. The third-order valence-electron chi connectivity index (χ3n) is 2.23. The van der Waals surface area contributed by atoms with Gasteiger partial charge in [-0.1, -0.05) is 29.3 Å². The smallest absolute Gasteiger partial charge is 0.0825 e. The molecule has 0 spiro atoms. The molecule has 1 atom stereocenters. The van der Waals surface area contributed by atoms with Gasteiger partial charge in [0.2, 0.25) is 0 Å². The summed E-state index contributed by atoms with van der Waals surface area (Å²) in [6.07, 6.45) is 0. The quantitative estimate of drug-likeness (QED) is 0.769. The van der Waals surface area contributed by atoms with Crippen LogP contribution in [0, 0.1) is 0 Å². The van der Waals surface area contributed by atoms with E-state index in [0.29, 0.717) is 22.6 Å². The Kier molecular flexibility index (Phi) is 2.37. The zero-order valence-corrected chi connectivity index (χ0v) is 8.52. The standard InChI is InChI=1S/C9H10Cl2N2/c10-7-2-1-3-8(9(7)11)13-5-6(13)4-12/h1-3,6H,4-5,12H2. The average molecular weight is 217 g/mol. The maximum atomic E-state index is 6.04. The monoisotopic (exact) mass is 216 g/mol. The van der Waals surface area contributed by atoms with E-state index in [1.165, 1.54) is 0 Å². The van der Waals surface area contributed by atoms with Crippen molar-refractivity contribution in [3.05, 3.63) is 28.2 Å². The molecule has 2 rings (SSSR count). The minimum Gasteiger partial charge on any atom is -0.362 e. The Labute approximate surface area is 87.2 Å². The number of nitrogens with zero attached hydrogens (tertiary/aromatic N) is 1. The minimum absolute atomic E-state index is 0.441. The second-order valence-electron chi connectivity index (χ2n) is 3.11. The highest BCUT2D eigenvalue weighted by Crippen LogP contribution is 2.37. The molecule has 0 amide bonds. The minimum atomic E-state index is 0.441. The molecule has 1 unspecified atom stereocenters. The van der Waals surface area contributed by atoms with E-state index in [0.717, 1.165) is 12.2 Å². The van der Waals surface area contributed by atoms with Gasteiger partial charge in [0.1, 0.15) is 0 Å². The molecule has 1 fully saturated rings. The molecule has 1 heterocycles. The van der Waals surface area contributed by atoms with Gasteiger partial charge in [-0.15, -0.1) is 0 Å². The van der Waals surface area contributed by atoms with E-state index in [4.69, 9.17) is 28.9 Å². The summed E-state index contributed by atoms with van der Waals surface area (Å²) in [5, 5.41) is 1.22. The Morgan fingerprint density at radius 1 is 1.46 bits per heavy atom. The molecule has 1 aromatic rings. The summed E-state index contributed by atoms with van der Waals surface area (Å²) in [6, 6.07) is 6.09. The number of hydrogen-bond acceptors (Lipinski definition) is 2. The highest BCUT2D eigenvalue weighted by atomic mass is 35.5. The summed E-state index contributed by atoms with van der Waals surface area (Å²) in [6.45, 7) is 1.65. The van der Waals surface area contributed by atoms with Crippen LogP contribution >= 0.6 is 23.2 Å². The predicted octanol–water partition coefficient (Wildman–Crippen LogP) is 2.14. The zero-order valence-electron chi connectivity index (χ0n) is 7.00. The van der Waals surface area contributed by atoms with Crippen molar-refractivity contribution in [3.8, 4) is 0 Å². The van der Waals surface area contributed by atoms with Crippen LogP contribution < -0.4 is 10.6 Å². The van der Waals surface area contributed by atoms with Crippen molar-refractivity contribution in [1.29, 1.82) is 0 Å². The molecule has 0 aromatic heterocycles. The maximum Gasteiger partial charge on any atom is 0.0825 e. The summed E-state index contributed by atoms with van der Waals surface area (Å²) in [5.41, 5.74) is 6.52. The van der Waals surface area contributed by atoms with E-state index < -0.39 is 0 Å². The normalized spacial score (nSPS) is 20.5. The maximum absolute atomic E-state index is 6.04. The number of rotatable bonds is 2. The lowest BCUT2D eigenvalue weighted by molar-refractivity contribution is 0.967. The van der Waals surface area contributed by atoms with Crippen LogP contribution in [0.25, 0.3) is 0 Å². The molecule has 2 N–H and O–H groups in total. The first-order chi connectivity index (χ1) is 6.24. The van der Waals surface area contributed by atoms with Crippen LogP contribution in [0.2, 0.25) is 10.0 Å². The molecule has 1 aliphatic rings. The second-order valence-corrected chi connectivity index (χ2v) is 3.90. The number of hydrogen-bond donors (Lipinski definition) is 1. The van der Waals surface area contributed by atoms with Crippen LogP contribution in [-0.4, -0.2) is 19.1 Å². The van der Waals surface area contributed by atoms with Gasteiger partial charge in [-0.3, -0.25) is 0 Å². The van der Waals surface area contributed by atoms with Crippen molar-refractivity contribution in [1.82, 2.24) is 0 Å². The lowest BCUT2D eigenvalue weighted by Gasteiger charge is -2.07. The van der Waals surface area contributed by atoms with Gasteiger partial charge in [0.25, 0.3) is 0 Å². The highest BCUT2D eigenvalue weighted by molar-refractivity contribution is 6.43. The summed E-state index contributed by atoms with van der Waals surface area (Å²) in [7, 11) is 0. The van der Waals surface area contributed by atoms with Crippen LogP contribution in [0.4, 0.5) is 5.69 Å². The Morgan fingerprint density at radius 3 is 2.85 bits per heavy atom. The molecule has 4 heteroatoms. The highest BCUT2D eigenvalue weighted by Gasteiger charge is 2.34. The number of anilines is 1. The van der Waals surface area contributed by atoms with Crippen molar-refractivity contribution >= 4 is 28.9 Å². The molecule has 1 saturated heterocycles. The van der Waals surface area contributed by atoms with E-state index in [9.17, 15) is 0 Å². The molecule has 0 bridgehead atoms. The van der Waals surface area contributed by atoms with E-state index >= 15 is 0 Å². The van der Waals surface area contributed by atoms with Gasteiger partial charge in [0.05, 0.1) is 21.8 Å². The van der Waals surface area contributed by atoms with Crippen molar-refractivity contribution in [2.24, 2.45) is 5.73 Å². The fraction of sp³-hybridized carbons (Fsp3) is 0.333. The van der Waals surface area contributed by atoms with E-state index in [1.807, 2.05) is 12.1 Å². The van der Waals surface area contributed by atoms with Crippen LogP contribution in [0.1, 0.15) is 0 Å². The fourth-order valence-corrected chi connectivity index (χ4v) is 1.80. The van der Waals surface area contributed by atoms with Crippen LogP contribution in [0.5, 0.6) is 0 Å². The molecule has 70 valence electrons. The van der Waals surface area contributed by atoms with Crippen molar-refractivity contribution in [2.75, 3.05) is 18.0 Å². The molecule has 1 aromatic carbocycles. The fourth-order valence-electron chi connectivity index (χ4n) is 1.39. The number of nitrogens with two attached hydrogens (primary N) is 1. The first-order valence-electron chi connectivity index (χ1n) is 4.14. The van der Waals surface area contributed by atoms with Crippen molar-refractivity contribution in [3.63, 3.8) is 0 Å². The topological polar surface area (TPSA) is 29.0 Å². The third-order valence-corrected chi connectivity index (χ3v) is 3.04. The van der Waals surface area contributed by atoms with Crippen LogP contribution in [0.3, 0.4) is 0 Å². The second kappa shape index (κ2) is 3.37. The molecular weight excluding hydrogens is 207 g/mol. The summed E-state index contributed by atoms with van der Waals surface area (Å²) < 4.78 is 0. The SMILES string of the molecule is NCC1CN1c1cccc(Cl)c1Cl. The lowest BCUT2D eigenvalue weighted by atomic mass is 10.3. The Bertz CT molecular complexity index is 327. The largest absolute Gasteiger partial charge is 0.362 e. The first kappa shape index (κ1) is 9.13. The Hall–Kier alpha value is -0.440. The zero-order chi connectivity index (χ0) is 9.42. The van der Waals surface area contributed by atoms with Gasteiger partial charge in [0.15, 0.2) is 0 Å². The van der Waals surface area contributed by atoms with E-state index in [1.54, 1.807) is 6.07 Å². The Morgan fingerprint density at radius 2 is 2.23 bits per heavy atom. The number of halogens is 2. The summed E-state index contributed by atoms with van der Waals surface area (Å²) in [5.74, 6) is 0. The van der Waals surface area contributed by atoms with Gasteiger partial charge in [-0.2, -0.15) is 0 Å². The summed E-state index contributed by atoms with van der Waals surface area (Å²) in [4.78, 5) is 2.15. The van der Waals surface area contributed by atoms with Gasteiger partial charge in [0, 0.05) is 13.1 Å². The van der Waals surface area contributed by atoms with Crippen LogP contribution in [-0.2, 0) is 0 Å². The first-order valence-corrected chi connectivity index (χ1v) is 4.90. The molecule has 0 aliphatic carbocycles. The van der Waals surface area contributed by atoms with Gasteiger partial charge in [-0.05, 0) is 12.1 Å². The molecule has 1 aliphatic heterocycles. The van der Waals surface area contributed by atoms with Crippen molar-refractivity contribution < 1.29 is 0 Å². The van der Waals surface area contributed by atoms with Crippen LogP contribution in [0.15, 0.2) is 18.2 Å². The molecule has 0 radical (unpaired) electrons. The predicted molar refractivity (Wildman–Crippen MR) is 56.7 cm³/mol.